The Bertz CT molecular complexity index is 1060. The molecule has 3 aromatic rings. The maximum Gasteiger partial charge on any atom is 0.255 e. The van der Waals surface area contributed by atoms with E-state index in [4.69, 9.17) is 4.84 Å². The summed E-state index contributed by atoms with van der Waals surface area (Å²) in [6.45, 7) is 6.51. The quantitative estimate of drug-likeness (QED) is 0.432. The molecule has 2 N–H and O–H groups in total. The summed E-state index contributed by atoms with van der Waals surface area (Å²) < 4.78 is 0. The van der Waals surface area contributed by atoms with Gasteiger partial charge in [0.05, 0.1) is 12.4 Å². The van der Waals surface area contributed by atoms with E-state index in [1.807, 2.05) is 31.5 Å². The minimum Gasteiger partial charge on any atom is -0.397 e. The molecule has 33 heavy (non-hydrogen) atoms. The molecule has 0 saturated carbocycles. The van der Waals surface area contributed by atoms with Crippen LogP contribution in [0.4, 0.5) is 5.95 Å². The SMILES string of the molecule is Cc1ccc(Cc2cnc(NCCCCOn3cc(CN4CCCCC4)cn3)[nH]c2=O)cn1. The molecule has 176 valence electrons. The molecule has 1 fully saturated rings. The number of hydrogen-bond donors (Lipinski definition) is 2. The minimum absolute atomic E-state index is 0.129. The second kappa shape index (κ2) is 11.6. The van der Waals surface area contributed by atoms with E-state index in [0.717, 1.165) is 30.6 Å². The lowest BCUT2D eigenvalue weighted by Crippen LogP contribution is -2.28. The van der Waals surface area contributed by atoms with Crippen molar-refractivity contribution < 1.29 is 4.84 Å². The first-order valence-electron chi connectivity index (χ1n) is 11.8. The van der Waals surface area contributed by atoms with Crippen LogP contribution in [0.1, 0.15) is 54.5 Å². The van der Waals surface area contributed by atoms with Crippen molar-refractivity contribution >= 4 is 5.95 Å². The number of likely N-dealkylation sites (tertiary alicyclic amines) is 1. The van der Waals surface area contributed by atoms with Crippen LogP contribution in [-0.4, -0.2) is 56.0 Å². The highest BCUT2D eigenvalue weighted by atomic mass is 16.7. The summed E-state index contributed by atoms with van der Waals surface area (Å²) in [5, 5.41) is 7.47. The number of aromatic amines is 1. The first kappa shape index (κ1) is 23.0. The Balaban J connectivity index is 1.13. The van der Waals surface area contributed by atoms with E-state index in [1.165, 1.54) is 37.9 Å². The van der Waals surface area contributed by atoms with Crippen LogP contribution < -0.4 is 15.7 Å². The van der Waals surface area contributed by atoms with Crippen LogP contribution in [0, 0.1) is 6.92 Å². The van der Waals surface area contributed by atoms with Gasteiger partial charge in [0.25, 0.3) is 5.56 Å². The molecule has 0 atom stereocenters. The number of nitrogens with one attached hydrogen (secondary N) is 2. The second-order valence-corrected chi connectivity index (χ2v) is 8.63. The van der Waals surface area contributed by atoms with Crippen LogP contribution in [-0.2, 0) is 13.0 Å². The summed E-state index contributed by atoms with van der Waals surface area (Å²) >= 11 is 0. The number of aryl methyl sites for hydroxylation is 1. The topological polar surface area (TPSA) is 101 Å². The highest BCUT2D eigenvalue weighted by Crippen LogP contribution is 2.12. The van der Waals surface area contributed by atoms with Crippen molar-refractivity contribution in [3.8, 4) is 0 Å². The van der Waals surface area contributed by atoms with Gasteiger partial charge in [-0.1, -0.05) is 12.5 Å². The number of rotatable bonds is 11. The third-order valence-electron chi connectivity index (χ3n) is 5.80. The molecule has 1 saturated heterocycles. The van der Waals surface area contributed by atoms with Crippen molar-refractivity contribution in [2.75, 3.05) is 31.6 Å². The van der Waals surface area contributed by atoms with E-state index in [-0.39, 0.29) is 5.56 Å². The maximum atomic E-state index is 12.3. The van der Waals surface area contributed by atoms with Gasteiger partial charge in [-0.3, -0.25) is 19.7 Å². The highest BCUT2D eigenvalue weighted by molar-refractivity contribution is 5.27. The molecule has 4 heterocycles. The number of aromatic nitrogens is 5. The third kappa shape index (κ3) is 7.15. The van der Waals surface area contributed by atoms with E-state index in [0.29, 0.717) is 31.1 Å². The predicted molar refractivity (Wildman–Crippen MR) is 127 cm³/mol. The van der Waals surface area contributed by atoms with Crippen molar-refractivity contribution in [2.45, 2.75) is 52.0 Å². The Kier molecular flexibility index (Phi) is 8.08. The Labute approximate surface area is 194 Å². The second-order valence-electron chi connectivity index (χ2n) is 8.63. The van der Waals surface area contributed by atoms with Gasteiger partial charge < -0.3 is 10.2 Å². The number of nitrogens with zero attached hydrogens (tertiary/aromatic N) is 5. The van der Waals surface area contributed by atoms with Crippen LogP contribution in [0.15, 0.2) is 41.7 Å². The first-order valence-corrected chi connectivity index (χ1v) is 11.8. The normalized spacial score (nSPS) is 14.3. The van der Waals surface area contributed by atoms with Crippen LogP contribution in [0.3, 0.4) is 0 Å². The molecule has 0 unspecified atom stereocenters. The van der Waals surface area contributed by atoms with E-state index >= 15 is 0 Å². The molecule has 0 radical (unpaired) electrons. The van der Waals surface area contributed by atoms with Crippen LogP contribution in [0.5, 0.6) is 0 Å². The summed E-state index contributed by atoms with van der Waals surface area (Å²) in [6.07, 6.45) is 13.5. The molecule has 1 aliphatic heterocycles. The standard InChI is InChI=1S/C24H33N7O2/c1-19-7-8-20(14-26-19)13-22-16-27-24(29-23(22)32)25-9-3-6-12-33-31-18-21(15-28-31)17-30-10-4-2-5-11-30/h7-8,14-16,18H,2-6,9-13,17H2,1H3,(H2,25,27,29,32). The molecule has 0 bridgehead atoms. The van der Waals surface area contributed by atoms with Crippen LogP contribution in [0.25, 0.3) is 0 Å². The fourth-order valence-corrected chi connectivity index (χ4v) is 3.92. The molecular formula is C24H33N7O2. The van der Waals surface area contributed by atoms with Crippen molar-refractivity contribution in [1.82, 2.24) is 29.8 Å². The number of unbranched alkanes of at least 4 members (excludes halogenated alkanes) is 1. The average molecular weight is 452 g/mol. The van der Waals surface area contributed by atoms with Crippen molar-refractivity contribution in [3.05, 3.63) is 69.7 Å². The fourth-order valence-electron chi connectivity index (χ4n) is 3.92. The minimum atomic E-state index is -0.129. The van der Waals surface area contributed by atoms with Gasteiger partial charge in [0, 0.05) is 48.7 Å². The van der Waals surface area contributed by atoms with Crippen molar-refractivity contribution in [1.29, 1.82) is 0 Å². The lowest BCUT2D eigenvalue weighted by molar-refractivity contribution is 0.0797. The zero-order valence-corrected chi connectivity index (χ0v) is 19.3. The third-order valence-corrected chi connectivity index (χ3v) is 5.80. The average Bonchev–Trinajstić information content (AvgIpc) is 3.27. The van der Waals surface area contributed by atoms with Gasteiger partial charge in [-0.2, -0.15) is 0 Å². The molecule has 0 amide bonds. The van der Waals surface area contributed by atoms with Gasteiger partial charge in [-0.15, -0.1) is 9.94 Å². The molecular weight excluding hydrogens is 418 g/mol. The van der Waals surface area contributed by atoms with Gasteiger partial charge in [-0.05, 0) is 57.3 Å². The summed E-state index contributed by atoms with van der Waals surface area (Å²) in [5.41, 5.74) is 3.63. The Morgan fingerprint density at radius 2 is 1.94 bits per heavy atom. The molecule has 4 rings (SSSR count). The number of piperidine rings is 1. The van der Waals surface area contributed by atoms with Gasteiger partial charge >= 0.3 is 0 Å². The molecule has 9 nitrogen and oxygen atoms in total. The van der Waals surface area contributed by atoms with E-state index in [2.05, 4.69) is 30.3 Å². The van der Waals surface area contributed by atoms with E-state index in [9.17, 15) is 4.79 Å². The fraction of sp³-hybridized carbons (Fsp3) is 0.500. The summed E-state index contributed by atoms with van der Waals surface area (Å²) in [6, 6.07) is 3.92. The van der Waals surface area contributed by atoms with Crippen LogP contribution in [0.2, 0.25) is 0 Å². The first-order chi connectivity index (χ1) is 16.2. The zero-order valence-electron chi connectivity index (χ0n) is 19.3. The monoisotopic (exact) mass is 451 g/mol. The molecule has 3 aromatic heterocycles. The highest BCUT2D eigenvalue weighted by Gasteiger charge is 2.11. The largest absolute Gasteiger partial charge is 0.397 e. The maximum absolute atomic E-state index is 12.3. The van der Waals surface area contributed by atoms with Crippen LogP contribution >= 0.6 is 0 Å². The number of hydrogen-bond acceptors (Lipinski definition) is 7. The molecule has 0 aromatic carbocycles. The molecule has 0 aliphatic carbocycles. The smallest absolute Gasteiger partial charge is 0.255 e. The number of H-pyrrole nitrogens is 1. The van der Waals surface area contributed by atoms with Gasteiger partial charge in [0.1, 0.15) is 6.61 Å². The Morgan fingerprint density at radius 3 is 2.73 bits per heavy atom. The van der Waals surface area contributed by atoms with Gasteiger partial charge in [0.15, 0.2) is 0 Å². The Morgan fingerprint density at radius 1 is 1.06 bits per heavy atom. The van der Waals surface area contributed by atoms with Gasteiger partial charge in [-0.25, -0.2) is 4.98 Å². The summed E-state index contributed by atoms with van der Waals surface area (Å²) in [5.74, 6) is 0.487. The lowest BCUT2D eigenvalue weighted by atomic mass is 10.1. The Hall–Kier alpha value is -3.20. The lowest BCUT2D eigenvalue weighted by Gasteiger charge is -2.25. The molecule has 1 aliphatic rings. The summed E-state index contributed by atoms with van der Waals surface area (Å²) in [4.78, 5) is 33.5. The predicted octanol–water partition coefficient (Wildman–Crippen LogP) is 2.57. The van der Waals surface area contributed by atoms with Gasteiger partial charge in [0.2, 0.25) is 5.95 Å². The molecule has 9 heteroatoms. The number of anilines is 1. The number of pyridine rings is 1. The zero-order chi connectivity index (χ0) is 22.9. The van der Waals surface area contributed by atoms with Crippen molar-refractivity contribution in [3.63, 3.8) is 0 Å². The van der Waals surface area contributed by atoms with E-state index in [1.54, 1.807) is 17.2 Å². The van der Waals surface area contributed by atoms with Crippen molar-refractivity contribution in [2.24, 2.45) is 0 Å². The van der Waals surface area contributed by atoms with E-state index < -0.39 is 0 Å². The summed E-state index contributed by atoms with van der Waals surface area (Å²) in [7, 11) is 0. The molecule has 0 spiro atoms.